The zero-order chi connectivity index (χ0) is 15.0. The molecular formula is C16H21N3O2. The van der Waals surface area contributed by atoms with Gasteiger partial charge in [-0.15, -0.1) is 0 Å². The molecule has 2 unspecified atom stereocenters. The minimum atomic E-state index is -0.182. The molecule has 2 atom stereocenters. The van der Waals surface area contributed by atoms with Crippen molar-refractivity contribution in [1.29, 1.82) is 0 Å². The van der Waals surface area contributed by atoms with Crippen molar-refractivity contribution >= 4 is 11.8 Å². The summed E-state index contributed by atoms with van der Waals surface area (Å²) in [5.74, 6) is 0.0750. The van der Waals surface area contributed by atoms with Crippen LogP contribution in [0.4, 0.5) is 0 Å². The number of hydrogen-bond donors (Lipinski definition) is 1. The summed E-state index contributed by atoms with van der Waals surface area (Å²) in [5.41, 5.74) is 7.02. The van der Waals surface area contributed by atoms with Gasteiger partial charge in [-0.3, -0.25) is 19.4 Å². The maximum absolute atomic E-state index is 12.3. The Hall–Kier alpha value is -1.72. The molecule has 5 nitrogen and oxygen atoms in total. The summed E-state index contributed by atoms with van der Waals surface area (Å²) >= 11 is 0. The van der Waals surface area contributed by atoms with E-state index in [0.717, 1.165) is 25.9 Å². The fraction of sp³-hybridized carbons (Fsp3) is 0.500. The predicted molar refractivity (Wildman–Crippen MR) is 79.8 cm³/mol. The fourth-order valence-electron chi connectivity index (χ4n) is 3.22. The minimum absolute atomic E-state index is 0.148. The van der Waals surface area contributed by atoms with Gasteiger partial charge < -0.3 is 5.73 Å². The minimum Gasteiger partial charge on any atom is -0.328 e. The predicted octanol–water partition coefficient (Wildman–Crippen LogP) is 1.30. The zero-order valence-corrected chi connectivity index (χ0v) is 12.3. The third kappa shape index (κ3) is 2.59. The van der Waals surface area contributed by atoms with Crippen LogP contribution in [-0.4, -0.2) is 47.4 Å². The van der Waals surface area contributed by atoms with Crippen molar-refractivity contribution in [3.05, 3.63) is 35.4 Å². The van der Waals surface area contributed by atoms with Gasteiger partial charge in [0, 0.05) is 12.6 Å². The first-order chi connectivity index (χ1) is 10.1. The van der Waals surface area contributed by atoms with Crippen LogP contribution in [0.5, 0.6) is 0 Å². The van der Waals surface area contributed by atoms with Crippen LogP contribution < -0.4 is 5.73 Å². The average molecular weight is 287 g/mol. The molecular weight excluding hydrogens is 266 g/mol. The number of imide groups is 1. The van der Waals surface area contributed by atoms with Gasteiger partial charge in [0.1, 0.15) is 0 Å². The van der Waals surface area contributed by atoms with Crippen LogP contribution in [0, 0.1) is 5.92 Å². The highest BCUT2D eigenvalue weighted by atomic mass is 16.2. The third-order valence-electron chi connectivity index (χ3n) is 4.51. The van der Waals surface area contributed by atoms with Crippen LogP contribution in [0.1, 0.15) is 40.5 Å². The van der Waals surface area contributed by atoms with E-state index in [2.05, 4.69) is 4.90 Å². The molecule has 2 aliphatic heterocycles. The number of hydrogen-bond acceptors (Lipinski definition) is 4. The number of nitrogens with zero attached hydrogens (tertiary/aromatic N) is 2. The first-order valence-corrected chi connectivity index (χ1v) is 7.51. The Labute approximate surface area is 124 Å². The highest BCUT2D eigenvalue weighted by Gasteiger charge is 2.36. The van der Waals surface area contributed by atoms with E-state index in [1.807, 2.05) is 6.92 Å². The van der Waals surface area contributed by atoms with Crippen molar-refractivity contribution in [3.8, 4) is 0 Å². The number of benzene rings is 1. The van der Waals surface area contributed by atoms with E-state index in [1.165, 1.54) is 4.90 Å². The molecule has 1 fully saturated rings. The number of nitrogens with two attached hydrogens (primary N) is 1. The Morgan fingerprint density at radius 2 is 1.86 bits per heavy atom. The van der Waals surface area contributed by atoms with Crippen LogP contribution >= 0.6 is 0 Å². The van der Waals surface area contributed by atoms with Crippen LogP contribution in [0.3, 0.4) is 0 Å². The Bertz CT molecular complexity index is 535. The molecule has 1 aromatic carbocycles. The number of likely N-dealkylation sites (tertiary alicyclic amines) is 1. The van der Waals surface area contributed by atoms with E-state index in [4.69, 9.17) is 5.73 Å². The van der Waals surface area contributed by atoms with Crippen LogP contribution in [-0.2, 0) is 0 Å². The lowest BCUT2D eigenvalue weighted by Crippen LogP contribution is -2.48. The van der Waals surface area contributed by atoms with E-state index >= 15 is 0 Å². The number of fused-ring (bicyclic) bond motifs is 1. The zero-order valence-electron chi connectivity index (χ0n) is 12.3. The second kappa shape index (κ2) is 5.58. The SMILES string of the molecule is CC(N)C1CCCN(CN2C(=O)c3ccccc3C2=O)C1. The molecule has 0 saturated carbocycles. The molecule has 2 heterocycles. The largest absolute Gasteiger partial charge is 0.328 e. The van der Waals surface area contributed by atoms with Crippen LogP contribution in [0.25, 0.3) is 0 Å². The molecule has 0 spiro atoms. The van der Waals surface area contributed by atoms with E-state index in [-0.39, 0.29) is 17.9 Å². The second-order valence-corrected chi connectivity index (χ2v) is 6.06. The molecule has 5 heteroatoms. The molecule has 2 amide bonds. The van der Waals surface area contributed by atoms with E-state index in [1.54, 1.807) is 24.3 Å². The van der Waals surface area contributed by atoms with Crippen molar-refractivity contribution in [1.82, 2.24) is 9.80 Å². The van der Waals surface area contributed by atoms with Gasteiger partial charge in [0.25, 0.3) is 11.8 Å². The summed E-state index contributed by atoms with van der Waals surface area (Å²) in [6.07, 6.45) is 2.19. The van der Waals surface area contributed by atoms with Gasteiger partial charge >= 0.3 is 0 Å². The third-order valence-corrected chi connectivity index (χ3v) is 4.51. The standard InChI is InChI=1S/C16H21N3O2/c1-11(17)12-5-4-8-18(9-12)10-19-15(20)13-6-2-3-7-14(13)16(19)21/h2-3,6-7,11-12H,4-5,8-10,17H2,1H3. The van der Waals surface area contributed by atoms with Gasteiger partial charge in [-0.2, -0.15) is 0 Å². The highest BCUT2D eigenvalue weighted by molar-refractivity contribution is 6.21. The highest BCUT2D eigenvalue weighted by Crippen LogP contribution is 2.24. The maximum atomic E-state index is 12.3. The van der Waals surface area contributed by atoms with Crippen LogP contribution in [0.2, 0.25) is 0 Å². The van der Waals surface area contributed by atoms with Crippen molar-refractivity contribution in [3.63, 3.8) is 0 Å². The topological polar surface area (TPSA) is 66.6 Å². The van der Waals surface area contributed by atoms with Crippen molar-refractivity contribution in [2.75, 3.05) is 19.8 Å². The lowest BCUT2D eigenvalue weighted by atomic mass is 9.92. The molecule has 2 N–H and O–H groups in total. The average Bonchev–Trinajstić information content (AvgIpc) is 2.73. The van der Waals surface area contributed by atoms with Gasteiger partial charge in [0.15, 0.2) is 0 Å². The summed E-state index contributed by atoms with van der Waals surface area (Å²) in [5, 5.41) is 0. The van der Waals surface area contributed by atoms with Gasteiger partial charge in [-0.25, -0.2) is 0 Å². The normalized spacial score (nSPS) is 24.3. The van der Waals surface area contributed by atoms with E-state index in [9.17, 15) is 9.59 Å². The summed E-state index contributed by atoms with van der Waals surface area (Å²) in [4.78, 5) is 28.2. The van der Waals surface area contributed by atoms with Gasteiger partial charge in [-0.1, -0.05) is 12.1 Å². The number of carbonyl (C=O) groups is 2. The molecule has 3 rings (SSSR count). The summed E-state index contributed by atoms with van der Waals surface area (Å²) < 4.78 is 0. The summed E-state index contributed by atoms with van der Waals surface area (Å²) in [7, 11) is 0. The van der Waals surface area contributed by atoms with Crippen molar-refractivity contribution in [2.24, 2.45) is 11.7 Å². The molecule has 112 valence electrons. The monoisotopic (exact) mass is 287 g/mol. The van der Waals surface area contributed by atoms with Gasteiger partial charge in [0.2, 0.25) is 0 Å². The Morgan fingerprint density at radius 3 is 2.43 bits per heavy atom. The molecule has 0 aromatic heterocycles. The van der Waals surface area contributed by atoms with Crippen molar-refractivity contribution < 1.29 is 9.59 Å². The first kappa shape index (κ1) is 14.2. The van der Waals surface area contributed by atoms with Crippen molar-refractivity contribution in [2.45, 2.75) is 25.8 Å². The second-order valence-electron chi connectivity index (χ2n) is 6.06. The number of amides is 2. The quantitative estimate of drug-likeness (QED) is 0.851. The number of piperidine rings is 1. The number of rotatable bonds is 3. The lowest BCUT2D eigenvalue weighted by molar-refractivity contribution is 0.0471. The van der Waals surface area contributed by atoms with Gasteiger partial charge in [-0.05, 0) is 44.4 Å². The molecule has 21 heavy (non-hydrogen) atoms. The summed E-state index contributed by atoms with van der Waals surface area (Å²) in [6.45, 7) is 4.16. The molecule has 0 bridgehead atoms. The molecule has 2 aliphatic rings. The van der Waals surface area contributed by atoms with Gasteiger partial charge in [0.05, 0.1) is 17.8 Å². The van der Waals surface area contributed by atoms with E-state index in [0.29, 0.717) is 23.7 Å². The molecule has 1 saturated heterocycles. The molecule has 0 aliphatic carbocycles. The molecule has 0 radical (unpaired) electrons. The Morgan fingerprint density at radius 1 is 1.24 bits per heavy atom. The van der Waals surface area contributed by atoms with Crippen LogP contribution in [0.15, 0.2) is 24.3 Å². The summed E-state index contributed by atoms with van der Waals surface area (Å²) in [6, 6.07) is 7.17. The molecule has 1 aromatic rings. The number of carbonyl (C=O) groups excluding carboxylic acids is 2. The van der Waals surface area contributed by atoms with E-state index < -0.39 is 0 Å². The lowest BCUT2D eigenvalue weighted by Gasteiger charge is -2.36. The maximum Gasteiger partial charge on any atom is 0.262 e. The Kier molecular flexibility index (Phi) is 3.78. The Balaban J connectivity index is 1.72. The first-order valence-electron chi connectivity index (χ1n) is 7.51. The fourth-order valence-corrected chi connectivity index (χ4v) is 3.22. The smallest absolute Gasteiger partial charge is 0.262 e.